The molecule has 0 aliphatic rings. The molecule has 0 bridgehead atoms. The molecule has 1 aromatic rings. The predicted octanol–water partition coefficient (Wildman–Crippen LogP) is 1.23. The minimum atomic E-state index is -0.170. The highest BCUT2D eigenvalue weighted by Crippen LogP contribution is 2.15. The van der Waals surface area contributed by atoms with Crippen LogP contribution in [0, 0.1) is 0 Å². The molecular weight excluding hydrogens is 180 g/mol. The Morgan fingerprint density at radius 2 is 2.50 bits per heavy atom. The van der Waals surface area contributed by atoms with E-state index in [1.165, 1.54) is 7.11 Å². The maximum atomic E-state index is 10.9. The second-order valence-electron chi connectivity index (χ2n) is 3.08. The molecule has 0 aliphatic heterocycles. The quantitative estimate of drug-likeness (QED) is 0.696. The molecule has 1 rings (SSSR count). The highest BCUT2D eigenvalue weighted by molar-refractivity contribution is 5.69. The minimum Gasteiger partial charge on any atom is -0.469 e. The zero-order valence-corrected chi connectivity index (χ0v) is 8.54. The van der Waals surface area contributed by atoms with Gasteiger partial charge >= 0.3 is 5.97 Å². The number of nitrogens with one attached hydrogen (secondary N) is 2. The summed E-state index contributed by atoms with van der Waals surface area (Å²) in [7, 11) is 3.29. The first-order valence-electron chi connectivity index (χ1n) is 4.65. The van der Waals surface area contributed by atoms with Crippen molar-refractivity contribution in [2.75, 3.05) is 14.2 Å². The van der Waals surface area contributed by atoms with Gasteiger partial charge in [-0.1, -0.05) is 0 Å². The van der Waals surface area contributed by atoms with Gasteiger partial charge in [0.2, 0.25) is 0 Å². The predicted molar refractivity (Wildman–Crippen MR) is 53.8 cm³/mol. The molecule has 14 heavy (non-hydrogen) atoms. The van der Waals surface area contributed by atoms with Gasteiger partial charge in [0.05, 0.1) is 7.11 Å². The monoisotopic (exact) mass is 196 g/mol. The number of carbonyl (C=O) groups excluding carboxylic acids is 1. The van der Waals surface area contributed by atoms with Gasteiger partial charge in [-0.3, -0.25) is 4.79 Å². The zero-order valence-electron chi connectivity index (χ0n) is 8.54. The van der Waals surface area contributed by atoms with E-state index in [9.17, 15) is 4.79 Å². The van der Waals surface area contributed by atoms with E-state index in [1.54, 1.807) is 0 Å². The molecular formula is C10H16N2O2. The highest BCUT2D eigenvalue weighted by Gasteiger charge is 2.11. The van der Waals surface area contributed by atoms with Crippen LogP contribution >= 0.6 is 0 Å². The third-order valence-electron chi connectivity index (χ3n) is 2.21. The molecule has 1 aromatic heterocycles. The normalized spacial score (nSPS) is 12.4. The number of ether oxygens (including phenoxy) is 1. The summed E-state index contributed by atoms with van der Waals surface area (Å²) in [6, 6.07) is 4.13. The number of methoxy groups -OCH3 is 1. The number of rotatable bonds is 5. The van der Waals surface area contributed by atoms with Crippen LogP contribution in [0.5, 0.6) is 0 Å². The summed E-state index contributed by atoms with van der Waals surface area (Å²) in [4.78, 5) is 14.1. The van der Waals surface area contributed by atoms with E-state index in [1.807, 2.05) is 25.4 Å². The van der Waals surface area contributed by atoms with Crippen LogP contribution in [0.25, 0.3) is 0 Å². The van der Waals surface area contributed by atoms with Crippen LogP contribution in [0.2, 0.25) is 0 Å². The Hall–Kier alpha value is -1.29. The average Bonchev–Trinajstić information content (AvgIpc) is 2.72. The lowest BCUT2D eigenvalue weighted by Crippen LogP contribution is -2.18. The smallest absolute Gasteiger partial charge is 0.305 e. The van der Waals surface area contributed by atoms with Gasteiger partial charge in [-0.05, 0) is 25.6 Å². The van der Waals surface area contributed by atoms with Crippen LogP contribution in [0.3, 0.4) is 0 Å². The summed E-state index contributed by atoms with van der Waals surface area (Å²) in [5.41, 5.74) is 1.09. The number of hydrogen-bond acceptors (Lipinski definition) is 3. The van der Waals surface area contributed by atoms with Crippen LogP contribution in [-0.2, 0) is 9.53 Å². The zero-order chi connectivity index (χ0) is 10.4. The summed E-state index contributed by atoms with van der Waals surface area (Å²) in [6.45, 7) is 0. The molecule has 0 amide bonds. The van der Waals surface area contributed by atoms with Gasteiger partial charge in [0.25, 0.3) is 0 Å². The molecule has 4 nitrogen and oxygen atoms in total. The van der Waals surface area contributed by atoms with Crippen LogP contribution < -0.4 is 5.32 Å². The fourth-order valence-electron chi connectivity index (χ4n) is 1.38. The molecule has 1 heterocycles. The van der Waals surface area contributed by atoms with Crippen molar-refractivity contribution in [3.63, 3.8) is 0 Å². The molecule has 0 saturated heterocycles. The number of hydrogen-bond donors (Lipinski definition) is 2. The summed E-state index contributed by atoms with van der Waals surface area (Å²) in [6.07, 6.45) is 3.04. The first kappa shape index (κ1) is 10.8. The largest absolute Gasteiger partial charge is 0.469 e. The van der Waals surface area contributed by atoms with Gasteiger partial charge in [-0.15, -0.1) is 0 Å². The molecule has 0 spiro atoms. The van der Waals surface area contributed by atoms with Gasteiger partial charge in [0, 0.05) is 24.4 Å². The summed E-state index contributed by atoms with van der Waals surface area (Å²) >= 11 is 0. The van der Waals surface area contributed by atoms with E-state index >= 15 is 0 Å². The molecule has 0 fully saturated rings. The fourth-order valence-corrected chi connectivity index (χ4v) is 1.38. The molecule has 1 atom stereocenters. The van der Waals surface area contributed by atoms with Crippen molar-refractivity contribution >= 4 is 5.97 Å². The van der Waals surface area contributed by atoms with Crippen molar-refractivity contribution in [1.82, 2.24) is 10.3 Å². The molecule has 78 valence electrons. The van der Waals surface area contributed by atoms with Crippen LogP contribution in [0.4, 0.5) is 0 Å². The number of aromatic nitrogens is 1. The van der Waals surface area contributed by atoms with Crippen LogP contribution in [-0.4, -0.2) is 25.1 Å². The van der Waals surface area contributed by atoms with Gasteiger partial charge in [0.1, 0.15) is 0 Å². The first-order valence-corrected chi connectivity index (χ1v) is 4.65. The fraction of sp³-hybridized carbons (Fsp3) is 0.500. The van der Waals surface area contributed by atoms with E-state index in [4.69, 9.17) is 0 Å². The Labute approximate surface area is 83.7 Å². The summed E-state index contributed by atoms with van der Waals surface area (Å²) < 4.78 is 4.59. The minimum absolute atomic E-state index is 0.170. The van der Waals surface area contributed by atoms with Gasteiger partial charge in [-0.25, -0.2) is 0 Å². The maximum absolute atomic E-state index is 10.9. The molecule has 4 heteroatoms. The van der Waals surface area contributed by atoms with Crippen molar-refractivity contribution in [3.8, 4) is 0 Å². The van der Waals surface area contributed by atoms with Crippen molar-refractivity contribution < 1.29 is 9.53 Å². The van der Waals surface area contributed by atoms with E-state index in [0.29, 0.717) is 6.42 Å². The molecule has 0 radical (unpaired) electrons. The molecule has 0 aromatic carbocycles. The van der Waals surface area contributed by atoms with E-state index in [2.05, 4.69) is 15.0 Å². The van der Waals surface area contributed by atoms with Crippen molar-refractivity contribution in [3.05, 3.63) is 24.0 Å². The maximum Gasteiger partial charge on any atom is 0.305 e. The average molecular weight is 196 g/mol. The van der Waals surface area contributed by atoms with E-state index in [0.717, 1.165) is 12.1 Å². The third kappa shape index (κ3) is 2.88. The van der Waals surface area contributed by atoms with E-state index < -0.39 is 0 Å². The Balaban J connectivity index is 2.44. The highest BCUT2D eigenvalue weighted by atomic mass is 16.5. The lowest BCUT2D eigenvalue weighted by atomic mass is 10.1. The second kappa shape index (κ2) is 5.44. The lowest BCUT2D eigenvalue weighted by Gasteiger charge is -2.13. The Morgan fingerprint density at radius 3 is 3.00 bits per heavy atom. The molecule has 0 saturated carbocycles. The molecule has 0 aliphatic carbocycles. The summed E-state index contributed by atoms with van der Waals surface area (Å²) in [5.74, 6) is -0.170. The second-order valence-corrected chi connectivity index (χ2v) is 3.08. The van der Waals surface area contributed by atoms with Crippen LogP contribution in [0.15, 0.2) is 18.3 Å². The number of esters is 1. The number of aromatic amines is 1. The van der Waals surface area contributed by atoms with Crippen molar-refractivity contribution in [2.45, 2.75) is 18.9 Å². The molecule has 1 unspecified atom stereocenters. The summed E-state index contributed by atoms with van der Waals surface area (Å²) in [5, 5.41) is 3.14. The van der Waals surface area contributed by atoms with Gasteiger partial charge < -0.3 is 15.0 Å². The lowest BCUT2D eigenvalue weighted by molar-refractivity contribution is -0.140. The SMILES string of the molecule is CNC(CCC(=O)OC)c1ccc[nH]1. The number of H-pyrrole nitrogens is 1. The standard InChI is InChI=1S/C10H16N2O2/c1-11-8(5-6-10(13)14-2)9-4-3-7-12-9/h3-4,7-8,11-12H,5-6H2,1-2H3. The van der Waals surface area contributed by atoms with Crippen molar-refractivity contribution in [2.24, 2.45) is 0 Å². The Morgan fingerprint density at radius 1 is 1.71 bits per heavy atom. The van der Waals surface area contributed by atoms with Gasteiger partial charge in [-0.2, -0.15) is 0 Å². The molecule has 2 N–H and O–H groups in total. The van der Waals surface area contributed by atoms with Crippen molar-refractivity contribution in [1.29, 1.82) is 0 Å². The topological polar surface area (TPSA) is 54.1 Å². The first-order chi connectivity index (χ1) is 6.77. The third-order valence-corrected chi connectivity index (χ3v) is 2.21. The Kier molecular flexibility index (Phi) is 4.19. The Bertz CT molecular complexity index is 270. The van der Waals surface area contributed by atoms with Gasteiger partial charge in [0.15, 0.2) is 0 Å². The van der Waals surface area contributed by atoms with E-state index in [-0.39, 0.29) is 12.0 Å². The van der Waals surface area contributed by atoms with Crippen LogP contribution in [0.1, 0.15) is 24.6 Å². The number of carbonyl (C=O) groups is 1.